The summed E-state index contributed by atoms with van der Waals surface area (Å²) in [6, 6.07) is 30.0. The fourth-order valence-corrected chi connectivity index (χ4v) is 3.51. The van der Waals surface area contributed by atoms with Gasteiger partial charge in [-0.3, -0.25) is 0 Å². The third-order valence-corrected chi connectivity index (χ3v) is 5.07. The van der Waals surface area contributed by atoms with Crippen LogP contribution in [0.15, 0.2) is 84.9 Å². The first-order valence-electron chi connectivity index (χ1n) is 10.4. The molecule has 0 fully saturated rings. The van der Waals surface area contributed by atoms with E-state index in [-0.39, 0.29) is 0 Å². The summed E-state index contributed by atoms with van der Waals surface area (Å²) in [5.41, 5.74) is 6.66. The van der Waals surface area contributed by atoms with Gasteiger partial charge < -0.3 is 9.64 Å². The van der Waals surface area contributed by atoms with Gasteiger partial charge in [-0.15, -0.1) is 0 Å². The van der Waals surface area contributed by atoms with Gasteiger partial charge in [-0.1, -0.05) is 79.7 Å². The van der Waals surface area contributed by atoms with E-state index in [0.717, 1.165) is 25.1 Å². The van der Waals surface area contributed by atoms with Gasteiger partial charge in [0.1, 0.15) is 12.4 Å². The molecule has 0 bridgehead atoms. The van der Waals surface area contributed by atoms with Crippen LogP contribution in [0.1, 0.15) is 30.0 Å². The van der Waals surface area contributed by atoms with Gasteiger partial charge in [-0.05, 0) is 66.9 Å². The fraction of sp³-hybridized carbons (Fsp3) is 0.259. The standard InChI is InChI=1S/C27H31NO/c1-4-26(23-13-9-6-10-14-23)27(21-22-11-7-5-8-12-22)24-15-17-25(18-16-24)29-20-19-28(2)3/h5-18H,4,19-21H2,1-3H3/b27-26-. The highest BCUT2D eigenvalue weighted by Crippen LogP contribution is 2.32. The van der Waals surface area contributed by atoms with Crippen molar-refractivity contribution in [2.45, 2.75) is 19.8 Å². The molecule has 0 unspecified atom stereocenters. The van der Waals surface area contributed by atoms with E-state index in [1.54, 1.807) is 0 Å². The molecule has 2 heteroatoms. The fourth-order valence-electron chi connectivity index (χ4n) is 3.51. The first-order chi connectivity index (χ1) is 14.2. The Balaban J connectivity index is 1.93. The molecule has 0 aromatic heterocycles. The van der Waals surface area contributed by atoms with Crippen molar-refractivity contribution >= 4 is 11.1 Å². The number of allylic oxidation sites excluding steroid dienone is 2. The second kappa shape index (κ2) is 10.6. The lowest BCUT2D eigenvalue weighted by Gasteiger charge is -2.17. The molecular weight excluding hydrogens is 354 g/mol. The quantitative estimate of drug-likeness (QED) is 0.407. The Labute approximate surface area is 175 Å². The van der Waals surface area contributed by atoms with E-state index in [1.165, 1.54) is 27.8 Å². The molecule has 0 N–H and O–H groups in total. The average Bonchev–Trinajstić information content (AvgIpc) is 2.75. The number of rotatable bonds is 9. The van der Waals surface area contributed by atoms with E-state index in [4.69, 9.17) is 4.74 Å². The normalized spacial score (nSPS) is 12.0. The summed E-state index contributed by atoms with van der Waals surface area (Å²) in [6.45, 7) is 3.85. The molecule has 0 aliphatic rings. The number of nitrogens with zero attached hydrogens (tertiary/aromatic N) is 1. The third-order valence-electron chi connectivity index (χ3n) is 5.07. The van der Waals surface area contributed by atoms with Crippen molar-refractivity contribution in [2.75, 3.05) is 27.2 Å². The van der Waals surface area contributed by atoms with Crippen molar-refractivity contribution in [3.8, 4) is 5.75 Å². The number of ether oxygens (including phenoxy) is 1. The van der Waals surface area contributed by atoms with Crippen molar-refractivity contribution in [1.29, 1.82) is 0 Å². The molecule has 0 amide bonds. The molecule has 0 radical (unpaired) electrons. The van der Waals surface area contributed by atoms with Crippen molar-refractivity contribution in [1.82, 2.24) is 4.90 Å². The molecule has 3 rings (SSSR count). The highest BCUT2D eigenvalue weighted by molar-refractivity contribution is 5.91. The zero-order valence-electron chi connectivity index (χ0n) is 17.8. The molecule has 0 atom stereocenters. The SMILES string of the molecule is CC/C(=C(\Cc1ccccc1)c1ccc(OCCN(C)C)cc1)c1ccccc1. The molecule has 2 nitrogen and oxygen atoms in total. The maximum atomic E-state index is 5.88. The van der Waals surface area contributed by atoms with Crippen LogP contribution in [0.5, 0.6) is 5.75 Å². The van der Waals surface area contributed by atoms with Gasteiger partial charge in [0.15, 0.2) is 0 Å². The van der Waals surface area contributed by atoms with E-state index in [2.05, 4.69) is 111 Å². The summed E-state index contributed by atoms with van der Waals surface area (Å²) in [7, 11) is 4.12. The summed E-state index contributed by atoms with van der Waals surface area (Å²) in [5.74, 6) is 0.924. The van der Waals surface area contributed by atoms with Crippen molar-refractivity contribution in [3.63, 3.8) is 0 Å². The van der Waals surface area contributed by atoms with E-state index in [1.807, 2.05) is 0 Å². The molecule has 0 saturated carbocycles. The second-order valence-electron chi connectivity index (χ2n) is 7.52. The van der Waals surface area contributed by atoms with Crippen molar-refractivity contribution in [2.24, 2.45) is 0 Å². The number of hydrogen-bond acceptors (Lipinski definition) is 2. The summed E-state index contributed by atoms with van der Waals surface area (Å²) in [5, 5.41) is 0. The highest BCUT2D eigenvalue weighted by Gasteiger charge is 2.12. The molecule has 0 heterocycles. The Kier molecular flexibility index (Phi) is 7.66. The molecule has 3 aromatic carbocycles. The average molecular weight is 386 g/mol. The Hall–Kier alpha value is -2.84. The Bertz CT molecular complexity index is 896. The van der Waals surface area contributed by atoms with Crippen LogP contribution < -0.4 is 4.74 Å². The predicted octanol–water partition coefficient (Wildman–Crippen LogP) is 6.19. The van der Waals surface area contributed by atoms with Gasteiger partial charge in [0.05, 0.1) is 0 Å². The highest BCUT2D eigenvalue weighted by atomic mass is 16.5. The van der Waals surface area contributed by atoms with Crippen molar-refractivity contribution < 1.29 is 4.74 Å². The molecular formula is C27H31NO. The van der Waals surface area contributed by atoms with Crippen LogP contribution in [0, 0.1) is 0 Å². The minimum atomic E-state index is 0.698. The lowest BCUT2D eigenvalue weighted by Crippen LogP contribution is -2.19. The maximum absolute atomic E-state index is 5.88. The molecule has 29 heavy (non-hydrogen) atoms. The third kappa shape index (κ3) is 6.07. The second-order valence-corrected chi connectivity index (χ2v) is 7.52. The molecule has 3 aromatic rings. The Morgan fingerprint density at radius 2 is 1.31 bits per heavy atom. The number of benzene rings is 3. The van der Waals surface area contributed by atoms with E-state index in [9.17, 15) is 0 Å². The van der Waals surface area contributed by atoms with Crippen LogP contribution in [0.25, 0.3) is 11.1 Å². The lowest BCUT2D eigenvalue weighted by molar-refractivity contribution is 0.261. The first-order valence-corrected chi connectivity index (χ1v) is 10.4. The van der Waals surface area contributed by atoms with Gasteiger partial charge in [0.25, 0.3) is 0 Å². The summed E-state index contributed by atoms with van der Waals surface area (Å²) >= 11 is 0. The summed E-state index contributed by atoms with van der Waals surface area (Å²) in [4.78, 5) is 2.13. The summed E-state index contributed by atoms with van der Waals surface area (Å²) < 4.78 is 5.88. The van der Waals surface area contributed by atoms with Gasteiger partial charge >= 0.3 is 0 Å². The Morgan fingerprint density at radius 3 is 1.90 bits per heavy atom. The minimum absolute atomic E-state index is 0.698. The minimum Gasteiger partial charge on any atom is -0.492 e. The van der Waals surface area contributed by atoms with E-state index < -0.39 is 0 Å². The molecule has 0 saturated heterocycles. The zero-order valence-corrected chi connectivity index (χ0v) is 17.8. The van der Waals surface area contributed by atoms with Gasteiger partial charge in [-0.25, -0.2) is 0 Å². The predicted molar refractivity (Wildman–Crippen MR) is 124 cm³/mol. The molecule has 0 aliphatic carbocycles. The maximum Gasteiger partial charge on any atom is 0.119 e. The lowest BCUT2D eigenvalue weighted by atomic mass is 9.89. The number of likely N-dealkylation sites (N-methyl/N-ethyl adjacent to an activating group) is 1. The zero-order chi connectivity index (χ0) is 20.5. The van der Waals surface area contributed by atoms with Crippen molar-refractivity contribution in [3.05, 3.63) is 102 Å². The van der Waals surface area contributed by atoms with E-state index >= 15 is 0 Å². The van der Waals surface area contributed by atoms with Crippen LogP contribution in [-0.2, 0) is 6.42 Å². The molecule has 0 aliphatic heterocycles. The smallest absolute Gasteiger partial charge is 0.119 e. The van der Waals surface area contributed by atoms with Crippen LogP contribution in [0.3, 0.4) is 0 Å². The van der Waals surface area contributed by atoms with Gasteiger partial charge in [0.2, 0.25) is 0 Å². The van der Waals surface area contributed by atoms with Gasteiger partial charge in [0, 0.05) is 6.54 Å². The molecule has 150 valence electrons. The topological polar surface area (TPSA) is 12.5 Å². The van der Waals surface area contributed by atoms with Gasteiger partial charge in [-0.2, -0.15) is 0 Å². The van der Waals surface area contributed by atoms with Crippen LogP contribution >= 0.6 is 0 Å². The van der Waals surface area contributed by atoms with Crippen LogP contribution in [-0.4, -0.2) is 32.1 Å². The monoisotopic (exact) mass is 385 g/mol. The number of hydrogen-bond donors (Lipinski definition) is 0. The first kappa shape index (κ1) is 20.9. The van der Waals surface area contributed by atoms with E-state index in [0.29, 0.717) is 6.61 Å². The largest absolute Gasteiger partial charge is 0.492 e. The van der Waals surface area contributed by atoms with Crippen LogP contribution in [0.4, 0.5) is 0 Å². The van der Waals surface area contributed by atoms with Crippen LogP contribution in [0.2, 0.25) is 0 Å². The Morgan fingerprint density at radius 1 is 0.724 bits per heavy atom. The summed E-state index contributed by atoms with van der Waals surface area (Å²) in [6.07, 6.45) is 1.91. The molecule has 0 spiro atoms.